The second-order valence-corrected chi connectivity index (χ2v) is 6.69. The number of aliphatic carboxylic acids is 2. The van der Waals surface area contributed by atoms with Crippen molar-refractivity contribution >= 4 is 34.1 Å². The topological polar surface area (TPSA) is 91.7 Å². The largest absolute Gasteiger partial charge is 0.478 e. The van der Waals surface area contributed by atoms with E-state index in [0.29, 0.717) is 17.4 Å². The van der Waals surface area contributed by atoms with Crippen molar-refractivity contribution in [2.45, 2.75) is 19.3 Å². The Morgan fingerprint density at radius 1 is 0.724 bits per heavy atom. The molecule has 0 heterocycles. The zero-order valence-electron chi connectivity index (χ0n) is 15.7. The zero-order valence-corrected chi connectivity index (χ0v) is 15.7. The number of fused-ring (bicyclic) bond motifs is 1. The summed E-state index contributed by atoms with van der Waals surface area (Å²) < 4.78 is 0. The predicted octanol–water partition coefficient (Wildman–Crippen LogP) is 4.35. The fourth-order valence-corrected chi connectivity index (χ4v) is 3.34. The first-order chi connectivity index (χ1) is 14.0. The highest BCUT2D eigenvalue weighted by molar-refractivity contribution is 6.25. The number of carboxylic acids is 2. The van der Waals surface area contributed by atoms with E-state index in [0.717, 1.165) is 10.9 Å². The van der Waals surface area contributed by atoms with Crippen molar-refractivity contribution in [2.75, 3.05) is 0 Å². The molecule has 0 aliphatic heterocycles. The van der Waals surface area contributed by atoms with Gasteiger partial charge in [0, 0.05) is 12.8 Å². The lowest BCUT2D eigenvalue weighted by atomic mass is 9.91. The Balaban J connectivity index is 1.97. The molecular formula is C24H20O5. The SMILES string of the molecule is O=C(CCc1ccccc1)C/C(C(=O)O)=C(\C(=O)O)c1cccc2ccccc12. The summed E-state index contributed by atoms with van der Waals surface area (Å²) in [7, 11) is 0. The van der Waals surface area contributed by atoms with Gasteiger partial charge in [-0.25, -0.2) is 9.59 Å². The molecule has 0 unspecified atom stereocenters. The van der Waals surface area contributed by atoms with E-state index in [9.17, 15) is 24.6 Å². The molecule has 29 heavy (non-hydrogen) atoms. The van der Waals surface area contributed by atoms with Gasteiger partial charge in [0.2, 0.25) is 0 Å². The lowest BCUT2D eigenvalue weighted by Crippen LogP contribution is -2.15. The first kappa shape index (κ1) is 20.0. The van der Waals surface area contributed by atoms with Crippen LogP contribution in [0.15, 0.2) is 78.4 Å². The molecule has 0 aliphatic carbocycles. The Morgan fingerprint density at radius 3 is 2.07 bits per heavy atom. The van der Waals surface area contributed by atoms with Crippen molar-refractivity contribution in [1.29, 1.82) is 0 Å². The number of hydrogen-bond acceptors (Lipinski definition) is 3. The average Bonchev–Trinajstić information content (AvgIpc) is 2.72. The van der Waals surface area contributed by atoms with Crippen molar-refractivity contribution in [3.63, 3.8) is 0 Å². The van der Waals surface area contributed by atoms with Crippen molar-refractivity contribution < 1.29 is 24.6 Å². The lowest BCUT2D eigenvalue weighted by molar-refractivity contribution is -0.135. The van der Waals surface area contributed by atoms with Crippen LogP contribution in [0.1, 0.15) is 24.0 Å². The Kier molecular flexibility index (Phi) is 6.19. The van der Waals surface area contributed by atoms with Crippen LogP contribution in [0, 0.1) is 0 Å². The Morgan fingerprint density at radius 2 is 1.38 bits per heavy atom. The van der Waals surface area contributed by atoms with Gasteiger partial charge in [0.15, 0.2) is 0 Å². The number of carbonyl (C=O) groups is 3. The molecule has 146 valence electrons. The van der Waals surface area contributed by atoms with Gasteiger partial charge in [-0.15, -0.1) is 0 Å². The minimum Gasteiger partial charge on any atom is -0.478 e. The van der Waals surface area contributed by atoms with Gasteiger partial charge in [0.1, 0.15) is 5.78 Å². The third kappa shape index (κ3) is 4.76. The number of ketones is 1. The maximum atomic E-state index is 12.5. The van der Waals surface area contributed by atoms with Crippen LogP contribution in [0.3, 0.4) is 0 Å². The van der Waals surface area contributed by atoms with E-state index in [1.54, 1.807) is 24.3 Å². The summed E-state index contributed by atoms with van der Waals surface area (Å²) in [5.41, 5.74) is 0.521. The quantitative estimate of drug-likeness (QED) is 0.560. The molecular weight excluding hydrogens is 368 g/mol. The molecule has 0 saturated heterocycles. The number of carboxylic acid groups (broad SMARTS) is 2. The molecule has 0 fully saturated rings. The molecule has 0 bridgehead atoms. The number of rotatable bonds is 8. The Labute approximate surface area is 167 Å². The first-order valence-electron chi connectivity index (χ1n) is 9.21. The summed E-state index contributed by atoms with van der Waals surface area (Å²) in [4.78, 5) is 36.4. The molecule has 5 nitrogen and oxygen atoms in total. The molecule has 3 aromatic rings. The first-order valence-corrected chi connectivity index (χ1v) is 9.21. The molecule has 0 radical (unpaired) electrons. The molecule has 0 aromatic heterocycles. The predicted molar refractivity (Wildman–Crippen MR) is 111 cm³/mol. The Bertz CT molecular complexity index is 1090. The minimum atomic E-state index is -1.40. The van der Waals surface area contributed by atoms with Crippen molar-refractivity contribution in [3.8, 4) is 0 Å². The van der Waals surface area contributed by atoms with Gasteiger partial charge in [-0.3, -0.25) is 4.79 Å². The van der Waals surface area contributed by atoms with E-state index < -0.39 is 23.9 Å². The van der Waals surface area contributed by atoms with Gasteiger partial charge < -0.3 is 10.2 Å². The van der Waals surface area contributed by atoms with Crippen LogP contribution in [0.5, 0.6) is 0 Å². The fourth-order valence-electron chi connectivity index (χ4n) is 3.34. The van der Waals surface area contributed by atoms with Crippen LogP contribution in [-0.2, 0) is 20.8 Å². The second-order valence-electron chi connectivity index (χ2n) is 6.69. The highest BCUT2D eigenvalue weighted by Gasteiger charge is 2.25. The van der Waals surface area contributed by atoms with Crippen LogP contribution in [0.2, 0.25) is 0 Å². The molecule has 0 atom stereocenters. The van der Waals surface area contributed by atoms with Crippen molar-refractivity contribution in [3.05, 3.63) is 89.5 Å². The van der Waals surface area contributed by atoms with Crippen molar-refractivity contribution in [2.24, 2.45) is 0 Å². The van der Waals surface area contributed by atoms with E-state index in [2.05, 4.69) is 0 Å². The lowest BCUT2D eigenvalue weighted by Gasteiger charge is -2.12. The summed E-state index contributed by atoms with van der Waals surface area (Å²) in [5.74, 6) is -3.08. The van der Waals surface area contributed by atoms with Crippen LogP contribution in [0.4, 0.5) is 0 Å². The normalized spacial score (nSPS) is 11.7. The second kappa shape index (κ2) is 8.97. The summed E-state index contributed by atoms with van der Waals surface area (Å²) >= 11 is 0. The van der Waals surface area contributed by atoms with Crippen molar-refractivity contribution in [1.82, 2.24) is 0 Å². The van der Waals surface area contributed by atoms with Gasteiger partial charge in [0.25, 0.3) is 0 Å². The van der Waals surface area contributed by atoms with Gasteiger partial charge >= 0.3 is 11.9 Å². The van der Waals surface area contributed by atoms with Gasteiger partial charge in [-0.05, 0) is 28.3 Å². The molecule has 2 N–H and O–H groups in total. The van der Waals surface area contributed by atoms with Gasteiger partial charge in [-0.1, -0.05) is 72.8 Å². The fraction of sp³-hybridized carbons (Fsp3) is 0.125. The molecule has 3 rings (SSSR count). The summed E-state index contributed by atoms with van der Waals surface area (Å²) in [6.45, 7) is 0. The Hall–Kier alpha value is -3.73. The standard InChI is InChI=1S/C24H20O5/c25-18(14-13-16-7-2-1-3-8-16)15-21(23(26)27)22(24(28)29)20-12-6-10-17-9-4-5-11-19(17)20/h1-12H,13-15H2,(H,26,27)(H,28,29)/b22-21+. The van der Waals surface area contributed by atoms with Gasteiger partial charge in [-0.2, -0.15) is 0 Å². The zero-order chi connectivity index (χ0) is 20.8. The molecule has 3 aromatic carbocycles. The summed E-state index contributed by atoms with van der Waals surface area (Å²) in [6.07, 6.45) is 0.180. The monoisotopic (exact) mass is 388 g/mol. The van der Waals surface area contributed by atoms with E-state index in [1.807, 2.05) is 48.5 Å². The van der Waals surface area contributed by atoms with Crippen LogP contribution in [-0.4, -0.2) is 27.9 Å². The smallest absolute Gasteiger partial charge is 0.336 e. The summed E-state index contributed by atoms with van der Waals surface area (Å²) in [6, 6.07) is 21.6. The number of hydrogen-bond donors (Lipinski definition) is 2. The molecule has 5 heteroatoms. The highest BCUT2D eigenvalue weighted by atomic mass is 16.4. The van der Waals surface area contributed by atoms with E-state index in [4.69, 9.17) is 0 Å². The van der Waals surface area contributed by atoms with E-state index >= 15 is 0 Å². The number of benzene rings is 3. The molecule has 0 aliphatic rings. The third-order valence-corrected chi connectivity index (χ3v) is 4.74. The maximum absolute atomic E-state index is 12.5. The summed E-state index contributed by atoms with van der Waals surface area (Å²) in [5, 5.41) is 20.9. The number of Topliss-reactive ketones (excluding diaryl/α,β-unsaturated/α-hetero) is 1. The van der Waals surface area contributed by atoms with E-state index in [1.165, 1.54) is 0 Å². The number of carbonyl (C=O) groups excluding carboxylic acids is 1. The molecule has 0 spiro atoms. The minimum absolute atomic E-state index is 0.142. The van der Waals surface area contributed by atoms with Crippen LogP contribution < -0.4 is 0 Å². The van der Waals surface area contributed by atoms with Crippen LogP contribution in [0.25, 0.3) is 16.3 Å². The molecule has 0 saturated carbocycles. The number of aryl methyl sites for hydroxylation is 1. The maximum Gasteiger partial charge on any atom is 0.336 e. The van der Waals surface area contributed by atoms with Crippen LogP contribution >= 0.6 is 0 Å². The van der Waals surface area contributed by atoms with E-state index in [-0.39, 0.29) is 17.8 Å². The molecule has 0 amide bonds. The van der Waals surface area contributed by atoms with Gasteiger partial charge in [0.05, 0.1) is 11.1 Å². The third-order valence-electron chi connectivity index (χ3n) is 4.74. The average molecular weight is 388 g/mol. The highest BCUT2D eigenvalue weighted by Crippen LogP contribution is 2.29.